The summed E-state index contributed by atoms with van der Waals surface area (Å²) in [6.45, 7) is 2.91. The van der Waals surface area contributed by atoms with Crippen LogP contribution in [0.3, 0.4) is 0 Å². The van der Waals surface area contributed by atoms with E-state index < -0.39 is 6.61 Å². The standard InChI is InChI=1S/C16H21F2N3O3/c1-11(20-7-9-21(10-8-20)12(2)22)15(23)19-13-5-3-4-6-14(13)24-16(17)18/h3-6,11,16H,7-10H2,1-2H3,(H,19,23)/p+1/t11-/m0/s1. The van der Waals surface area contributed by atoms with Gasteiger partial charge in [0.15, 0.2) is 6.04 Å². The number of benzene rings is 1. The number of carbonyl (C=O) groups excluding carboxylic acids is 2. The van der Waals surface area contributed by atoms with E-state index in [2.05, 4.69) is 10.1 Å². The Kier molecular flexibility index (Phi) is 6.08. The van der Waals surface area contributed by atoms with Crippen LogP contribution in [0.4, 0.5) is 14.5 Å². The number of anilines is 1. The molecule has 0 saturated carbocycles. The van der Waals surface area contributed by atoms with Crippen LogP contribution in [0.1, 0.15) is 13.8 Å². The molecule has 0 bridgehead atoms. The largest absolute Gasteiger partial charge is 0.433 e. The topological polar surface area (TPSA) is 63.1 Å². The molecule has 2 rings (SSSR count). The van der Waals surface area contributed by atoms with Crippen molar-refractivity contribution in [2.75, 3.05) is 31.5 Å². The summed E-state index contributed by atoms with van der Waals surface area (Å²) in [5.41, 5.74) is 0.219. The Labute approximate surface area is 139 Å². The van der Waals surface area contributed by atoms with Gasteiger partial charge >= 0.3 is 6.61 Å². The Morgan fingerprint density at radius 1 is 1.25 bits per heavy atom. The molecule has 2 N–H and O–H groups in total. The SMILES string of the molecule is CC(=O)N1CC[NH+]([C@@H](C)C(=O)Nc2ccccc2OC(F)F)CC1. The van der Waals surface area contributed by atoms with Crippen molar-refractivity contribution in [2.24, 2.45) is 0 Å². The molecule has 0 unspecified atom stereocenters. The highest BCUT2D eigenvalue weighted by molar-refractivity contribution is 5.94. The number of carbonyl (C=O) groups is 2. The second kappa shape index (κ2) is 8.05. The van der Waals surface area contributed by atoms with Crippen LogP contribution in [0.2, 0.25) is 0 Å². The van der Waals surface area contributed by atoms with Gasteiger partial charge in [-0.3, -0.25) is 9.59 Å². The normalized spacial score (nSPS) is 16.8. The van der Waals surface area contributed by atoms with Crippen LogP contribution in [0, 0.1) is 0 Å². The number of rotatable bonds is 5. The summed E-state index contributed by atoms with van der Waals surface area (Å²) in [5, 5.41) is 2.65. The highest BCUT2D eigenvalue weighted by Crippen LogP contribution is 2.25. The fraction of sp³-hybridized carbons (Fsp3) is 0.500. The first-order valence-electron chi connectivity index (χ1n) is 7.83. The Hall–Kier alpha value is -2.22. The van der Waals surface area contributed by atoms with Gasteiger partial charge < -0.3 is 19.9 Å². The quantitative estimate of drug-likeness (QED) is 0.812. The van der Waals surface area contributed by atoms with Crippen LogP contribution in [0.25, 0.3) is 0 Å². The molecule has 1 saturated heterocycles. The zero-order valence-electron chi connectivity index (χ0n) is 13.7. The highest BCUT2D eigenvalue weighted by Gasteiger charge is 2.30. The van der Waals surface area contributed by atoms with Crippen LogP contribution in [0.15, 0.2) is 24.3 Å². The maximum Gasteiger partial charge on any atom is 0.387 e. The Balaban J connectivity index is 1.96. The van der Waals surface area contributed by atoms with E-state index in [-0.39, 0.29) is 29.3 Å². The number of nitrogens with zero attached hydrogens (tertiary/aromatic N) is 1. The van der Waals surface area contributed by atoms with Gasteiger partial charge in [-0.25, -0.2) is 0 Å². The zero-order valence-corrected chi connectivity index (χ0v) is 13.7. The molecule has 6 nitrogen and oxygen atoms in total. The fourth-order valence-corrected chi connectivity index (χ4v) is 2.74. The molecule has 1 aromatic rings. The highest BCUT2D eigenvalue weighted by atomic mass is 19.3. The van der Waals surface area contributed by atoms with Crippen molar-refractivity contribution in [3.05, 3.63) is 24.3 Å². The number of nitrogens with one attached hydrogen (secondary N) is 2. The van der Waals surface area contributed by atoms with E-state index in [0.717, 1.165) is 4.90 Å². The Morgan fingerprint density at radius 3 is 2.46 bits per heavy atom. The van der Waals surface area contributed by atoms with Gasteiger partial charge in [-0.2, -0.15) is 8.78 Å². The van der Waals surface area contributed by atoms with Crippen LogP contribution in [-0.2, 0) is 9.59 Å². The van der Waals surface area contributed by atoms with Gasteiger partial charge in [-0.15, -0.1) is 0 Å². The summed E-state index contributed by atoms with van der Waals surface area (Å²) in [7, 11) is 0. The molecule has 1 heterocycles. The molecule has 0 radical (unpaired) electrons. The van der Waals surface area contributed by atoms with Crippen molar-refractivity contribution >= 4 is 17.5 Å². The predicted octanol–water partition coefficient (Wildman–Crippen LogP) is 0.362. The average Bonchev–Trinajstić information content (AvgIpc) is 2.55. The third-order valence-corrected chi connectivity index (χ3v) is 4.22. The molecule has 1 atom stereocenters. The molecule has 24 heavy (non-hydrogen) atoms. The third-order valence-electron chi connectivity index (χ3n) is 4.22. The molecule has 8 heteroatoms. The molecule has 1 aliphatic heterocycles. The van der Waals surface area contributed by atoms with Crippen molar-refractivity contribution in [1.82, 2.24) is 4.90 Å². The van der Waals surface area contributed by atoms with Crippen molar-refractivity contribution < 1.29 is 28.0 Å². The Bertz CT molecular complexity index is 590. The summed E-state index contributed by atoms with van der Waals surface area (Å²) < 4.78 is 29.2. The van der Waals surface area contributed by atoms with Crippen LogP contribution in [0.5, 0.6) is 5.75 Å². The number of hydrogen-bond donors (Lipinski definition) is 2. The Morgan fingerprint density at radius 2 is 1.88 bits per heavy atom. The first-order valence-corrected chi connectivity index (χ1v) is 7.83. The van der Waals surface area contributed by atoms with Gasteiger partial charge in [0, 0.05) is 6.92 Å². The first kappa shape index (κ1) is 18.1. The molecular formula is C16H22F2N3O3+. The molecule has 0 aromatic heterocycles. The maximum absolute atomic E-state index is 12.4. The summed E-state index contributed by atoms with van der Waals surface area (Å²) >= 11 is 0. The van der Waals surface area contributed by atoms with Crippen LogP contribution in [-0.4, -0.2) is 55.5 Å². The summed E-state index contributed by atoms with van der Waals surface area (Å²) in [5.74, 6) is -0.305. The maximum atomic E-state index is 12.4. The van der Waals surface area contributed by atoms with E-state index in [1.165, 1.54) is 19.1 Å². The molecule has 1 fully saturated rings. The number of hydrogen-bond acceptors (Lipinski definition) is 3. The third kappa shape index (κ3) is 4.64. The van der Waals surface area contributed by atoms with Crippen LogP contribution >= 0.6 is 0 Å². The second-order valence-electron chi connectivity index (χ2n) is 5.75. The second-order valence-corrected chi connectivity index (χ2v) is 5.75. The lowest BCUT2D eigenvalue weighted by atomic mass is 10.2. The van der Waals surface area contributed by atoms with Crippen molar-refractivity contribution in [3.63, 3.8) is 0 Å². The number of para-hydroxylation sites is 2. The van der Waals surface area contributed by atoms with Crippen LogP contribution < -0.4 is 15.0 Å². The van der Waals surface area contributed by atoms with Gasteiger partial charge in [0.1, 0.15) is 5.75 Å². The van der Waals surface area contributed by atoms with Gasteiger partial charge in [-0.1, -0.05) is 12.1 Å². The first-order chi connectivity index (χ1) is 11.4. The minimum atomic E-state index is -2.95. The molecule has 2 amide bonds. The zero-order chi connectivity index (χ0) is 17.7. The minimum Gasteiger partial charge on any atom is -0.433 e. The van der Waals surface area contributed by atoms with E-state index in [0.29, 0.717) is 26.2 Å². The molecule has 132 valence electrons. The number of ether oxygens (including phenoxy) is 1. The smallest absolute Gasteiger partial charge is 0.387 e. The number of piperazine rings is 1. The molecular weight excluding hydrogens is 320 g/mol. The lowest BCUT2D eigenvalue weighted by Gasteiger charge is -2.34. The summed E-state index contributed by atoms with van der Waals surface area (Å²) in [6, 6.07) is 5.73. The summed E-state index contributed by atoms with van der Waals surface area (Å²) in [4.78, 5) is 26.6. The minimum absolute atomic E-state index is 0.0317. The lowest BCUT2D eigenvalue weighted by molar-refractivity contribution is -0.917. The number of alkyl halides is 2. The van der Waals surface area contributed by atoms with Crippen molar-refractivity contribution in [2.45, 2.75) is 26.5 Å². The molecule has 0 spiro atoms. The van der Waals surface area contributed by atoms with Crippen molar-refractivity contribution in [1.29, 1.82) is 0 Å². The molecule has 1 aromatic carbocycles. The number of quaternary nitrogens is 1. The number of amides is 2. The monoisotopic (exact) mass is 342 g/mol. The van der Waals surface area contributed by atoms with E-state index in [1.807, 2.05) is 0 Å². The molecule has 1 aliphatic rings. The number of halogens is 2. The average molecular weight is 342 g/mol. The van der Waals surface area contributed by atoms with E-state index in [9.17, 15) is 18.4 Å². The van der Waals surface area contributed by atoms with E-state index >= 15 is 0 Å². The van der Waals surface area contributed by atoms with Gasteiger partial charge in [0.05, 0.1) is 31.9 Å². The van der Waals surface area contributed by atoms with E-state index in [1.54, 1.807) is 24.0 Å². The summed E-state index contributed by atoms with van der Waals surface area (Å²) in [6.07, 6.45) is 0. The predicted molar refractivity (Wildman–Crippen MR) is 84.1 cm³/mol. The van der Waals surface area contributed by atoms with Gasteiger partial charge in [0.2, 0.25) is 5.91 Å². The fourth-order valence-electron chi connectivity index (χ4n) is 2.74. The van der Waals surface area contributed by atoms with E-state index in [4.69, 9.17) is 0 Å². The van der Waals surface area contributed by atoms with Gasteiger partial charge in [0.25, 0.3) is 5.91 Å². The van der Waals surface area contributed by atoms with Gasteiger partial charge in [-0.05, 0) is 19.1 Å². The lowest BCUT2D eigenvalue weighted by Crippen LogP contribution is -3.19. The van der Waals surface area contributed by atoms with Crippen molar-refractivity contribution in [3.8, 4) is 5.75 Å². The molecule has 0 aliphatic carbocycles.